The molecule has 0 unspecified atom stereocenters. The predicted molar refractivity (Wildman–Crippen MR) is 88.5 cm³/mol. The van der Waals surface area contributed by atoms with Gasteiger partial charge < -0.3 is 25.0 Å². The van der Waals surface area contributed by atoms with Crippen molar-refractivity contribution in [1.82, 2.24) is 10.2 Å². The molecule has 3 amide bonds. The van der Waals surface area contributed by atoms with Crippen LogP contribution >= 0.6 is 0 Å². The van der Waals surface area contributed by atoms with Gasteiger partial charge in [-0.1, -0.05) is 6.07 Å². The standard InChI is InChI=1S/C17H23N3O4/c1-23-5-4-20-9-12(6-16(20)21)8-18-17(22)19-15-3-2-13-10-24-11-14(13)7-15/h2-3,7,12H,4-6,8-11H2,1H3,(H2,18,19,22)/t12-/m0/s1. The molecule has 1 aromatic carbocycles. The van der Waals surface area contributed by atoms with E-state index in [9.17, 15) is 9.59 Å². The van der Waals surface area contributed by atoms with Crippen LogP contribution in [0.5, 0.6) is 0 Å². The van der Waals surface area contributed by atoms with Crippen LogP contribution in [0.15, 0.2) is 18.2 Å². The quantitative estimate of drug-likeness (QED) is 0.823. The van der Waals surface area contributed by atoms with Crippen molar-refractivity contribution in [1.29, 1.82) is 0 Å². The number of nitrogens with zero attached hydrogens (tertiary/aromatic N) is 1. The number of urea groups is 1. The summed E-state index contributed by atoms with van der Waals surface area (Å²) in [6.45, 7) is 3.52. The van der Waals surface area contributed by atoms with Crippen LogP contribution in [0.2, 0.25) is 0 Å². The Balaban J connectivity index is 1.44. The van der Waals surface area contributed by atoms with Crippen LogP contribution in [0.25, 0.3) is 0 Å². The van der Waals surface area contributed by atoms with Crippen molar-refractivity contribution in [3.05, 3.63) is 29.3 Å². The summed E-state index contributed by atoms with van der Waals surface area (Å²) in [7, 11) is 1.62. The zero-order valence-corrected chi connectivity index (χ0v) is 13.8. The molecule has 1 aromatic rings. The second-order valence-electron chi connectivity index (χ2n) is 6.21. The second kappa shape index (κ2) is 7.63. The van der Waals surface area contributed by atoms with E-state index in [0.717, 1.165) is 11.3 Å². The van der Waals surface area contributed by atoms with Crippen molar-refractivity contribution in [2.75, 3.05) is 38.7 Å². The Labute approximate surface area is 141 Å². The average Bonchev–Trinajstić information content (AvgIpc) is 3.17. The molecule has 0 aromatic heterocycles. The minimum atomic E-state index is -0.253. The van der Waals surface area contributed by atoms with Crippen molar-refractivity contribution in [3.8, 4) is 0 Å². The first-order valence-corrected chi connectivity index (χ1v) is 8.17. The number of hydrogen-bond donors (Lipinski definition) is 2. The highest BCUT2D eigenvalue weighted by atomic mass is 16.5. The van der Waals surface area contributed by atoms with Crippen molar-refractivity contribution in [2.45, 2.75) is 19.6 Å². The Morgan fingerprint density at radius 2 is 2.21 bits per heavy atom. The maximum Gasteiger partial charge on any atom is 0.319 e. The lowest BCUT2D eigenvalue weighted by Crippen LogP contribution is -2.34. The number of likely N-dealkylation sites (tertiary alicyclic amines) is 1. The van der Waals surface area contributed by atoms with Crippen LogP contribution < -0.4 is 10.6 Å². The Morgan fingerprint density at radius 3 is 3.04 bits per heavy atom. The van der Waals surface area contributed by atoms with Gasteiger partial charge in [0.2, 0.25) is 5.91 Å². The molecule has 1 saturated heterocycles. The molecule has 1 fully saturated rings. The summed E-state index contributed by atoms with van der Waals surface area (Å²) in [5.41, 5.74) is 3.03. The van der Waals surface area contributed by atoms with E-state index in [1.807, 2.05) is 18.2 Å². The highest BCUT2D eigenvalue weighted by molar-refractivity contribution is 5.89. The van der Waals surface area contributed by atoms with Gasteiger partial charge in [0, 0.05) is 44.8 Å². The summed E-state index contributed by atoms with van der Waals surface area (Å²) in [6.07, 6.45) is 0.472. The molecule has 7 nitrogen and oxygen atoms in total. The van der Waals surface area contributed by atoms with E-state index >= 15 is 0 Å². The van der Waals surface area contributed by atoms with E-state index in [2.05, 4.69) is 10.6 Å². The number of rotatable bonds is 6. The normalized spacial score (nSPS) is 19.5. The number of hydrogen-bond acceptors (Lipinski definition) is 4. The van der Waals surface area contributed by atoms with Crippen LogP contribution in [0.4, 0.5) is 10.5 Å². The van der Waals surface area contributed by atoms with Gasteiger partial charge in [-0.3, -0.25) is 4.79 Å². The molecule has 0 saturated carbocycles. The van der Waals surface area contributed by atoms with Crippen molar-refractivity contribution < 1.29 is 19.1 Å². The van der Waals surface area contributed by atoms with Gasteiger partial charge in [-0.05, 0) is 23.3 Å². The highest BCUT2D eigenvalue weighted by Crippen LogP contribution is 2.23. The van der Waals surface area contributed by atoms with Crippen LogP contribution in [-0.4, -0.2) is 50.2 Å². The SMILES string of the molecule is COCCN1C[C@H](CNC(=O)Nc2ccc3c(c2)COC3)CC1=O. The lowest BCUT2D eigenvalue weighted by atomic mass is 10.1. The van der Waals surface area contributed by atoms with Crippen molar-refractivity contribution in [3.63, 3.8) is 0 Å². The predicted octanol–water partition coefficient (Wildman–Crippen LogP) is 1.33. The molecule has 2 aliphatic rings. The molecular formula is C17H23N3O4. The Morgan fingerprint density at radius 1 is 1.38 bits per heavy atom. The van der Waals surface area contributed by atoms with Gasteiger partial charge in [0.05, 0.1) is 19.8 Å². The molecule has 2 N–H and O–H groups in total. The fourth-order valence-corrected chi connectivity index (χ4v) is 3.07. The Bertz CT molecular complexity index is 620. The van der Waals surface area contributed by atoms with Crippen molar-refractivity contribution >= 4 is 17.6 Å². The summed E-state index contributed by atoms with van der Waals surface area (Å²) in [5, 5.41) is 5.67. The van der Waals surface area contributed by atoms with E-state index in [1.54, 1.807) is 12.0 Å². The average molecular weight is 333 g/mol. The van der Waals surface area contributed by atoms with Gasteiger partial charge in [0.15, 0.2) is 0 Å². The number of carbonyl (C=O) groups is 2. The molecule has 1 atom stereocenters. The van der Waals surface area contributed by atoms with Gasteiger partial charge in [0.25, 0.3) is 0 Å². The summed E-state index contributed by atoms with van der Waals surface area (Å²) < 4.78 is 10.4. The lowest BCUT2D eigenvalue weighted by Gasteiger charge is -2.16. The number of nitrogens with one attached hydrogen (secondary N) is 2. The third-order valence-corrected chi connectivity index (χ3v) is 4.39. The number of benzene rings is 1. The van der Waals surface area contributed by atoms with Crippen LogP contribution in [0.3, 0.4) is 0 Å². The maximum absolute atomic E-state index is 12.0. The third kappa shape index (κ3) is 4.04. The van der Waals surface area contributed by atoms with Crippen molar-refractivity contribution in [2.24, 2.45) is 5.92 Å². The number of methoxy groups -OCH3 is 1. The van der Waals surface area contributed by atoms with E-state index in [0.29, 0.717) is 45.9 Å². The summed E-state index contributed by atoms with van der Waals surface area (Å²) in [4.78, 5) is 25.7. The number of fused-ring (bicyclic) bond motifs is 1. The molecular weight excluding hydrogens is 310 g/mol. The van der Waals surface area contributed by atoms with Crippen LogP contribution in [0, 0.1) is 5.92 Å². The summed E-state index contributed by atoms with van der Waals surface area (Å²) >= 11 is 0. The Kier molecular flexibility index (Phi) is 5.32. The lowest BCUT2D eigenvalue weighted by molar-refractivity contribution is -0.128. The third-order valence-electron chi connectivity index (χ3n) is 4.39. The minimum Gasteiger partial charge on any atom is -0.383 e. The minimum absolute atomic E-state index is 0.123. The first-order chi connectivity index (χ1) is 11.7. The zero-order valence-electron chi connectivity index (χ0n) is 13.8. The summed E-state index contributed by atoms with van der Waals surface area (Å²) in [5.74, 6) is 0.270. The summed E-state index contributed by atoms with van der Waals surface area (Å²) in [6, 6.07) is 5.53. The smallest absolute Gasteiger partial charge is 0.319 e. The number of carbonyl (C=O) groups excluding carboxylic acids is 2. The van der Waals surface area contributed by atoms with Crippen LogP contribution in [0.1, 0.15) is 17.5 Å². The first-order valence-electron chi connectivity index (χ1n) is 8.17. The molecule has 2 heterocycles. The van der Waals surface area contributed by atoms with Gasteiger partial charge in [-0.15, -0.1) is 0 Å². The second-order valence-corrected chi connectivity index (χ2v) is 6.21. The molecule has 0 spiro atoms. The monoisotopic (exact) mass is 333 g/mol. The van der Waals surface area contributed by atoms with E-state index in [-0.39, 0.29) is 17.9 Å². The van der Waals surface area contributed by atoms with Crippen LogP contribution in [-0.2, 0) is 27.5 Å². The molecule has 3 rings (SSSR count). The topological polar surface area (TPSA) is 79.9 Å². The highest BCUT2D eigenvalue weighted by Gasteiger charge is 2.29. The molecule has 130 valence electrons. The zero-order chi connectivity index (χ0) is 16.9. The van der Waals surface area contributed by atoms with E-state index in [1.165, 1.54) is 5.56 Å². The number of ether oxygens (including phenoxy) is 2. The first kappa shape index (κ1) is 16.7. The molecule has 0 radical (unpaired) electrons. The fourth-order valence-electron chi connectivity index (χ4n) is 3.07. The molecule has 0 bridgehead atoms. The van der Waals surface area contributed by atoms with Gasteiger partial charge in [-0.25, -0.2) is 4.79 Å². The molecule has 7 heteroatoms. The molecule has 0 aliphatic carbocycles. The number of amides is 3. The van der Waals surface area contributed by atoms with Gasteiger partial charge in [0.1, 0.15) is 0 Å². The fraction of sp³-hybridized carbons (Fsp3) is 0.529. The molecule has 24 heavy (non-hydrogen) atoms. The van der Waals surface area contributed by atoms with Gasteiger partial charge in [-0.2, -0.15) is 0 Å². The maximum atomic E-state index is 12.0. The Hall–Kier alpha value is -2.12. The molecule has 2 aliphatic heterocycles. The largest absolute Gasteiger partial charge is 0.383 e. The van der Waals surface area contributed by atoms with Gasteiger partial charge >= 0.3 is 6.03 Å². The van der Waals surface area contributed by atoms with E-state index < -0.39 is 0 Å². The number of anilines is 1. The van der Waals surface area contributed by atoms with E-state index in [4.69, 9.17) is 9.47 Å².